The van der Waals surface area contributed by atoms with E-state index in [9.17, 15) is 5.11 Å². The highest BCUT2D eigenvalue weighted by atomic mass is 32.2. The molecule has 3 N–H and O–H groups in total. The Kier molecular flexibility index (Phi) is 2.53. The van der Waals surface area contributed by atoms with Crippen molar-refractivity contribution in [3.05, 3.63) is 23.8 Å². The van der Waals surface area contributed by atoms with Gasteiger partial charge in [0.25, 0.3) is 0 Å². The summed E-state index contributed by atoms with van der Waals surface area (Å²) in [5.41, 5.74) is 6.42. The zero-order valence-electron chi connectivity index (χ0n) is 7.13. The quantitative estimate of drug-likeness (QED) is 0.633. The van der Waals surface area contributed by atoms with Gasteiger partial charge in [-0.15, -0.1) is 0 Å². The Morgan fingerprint density at radius 1 is 1.69 bits per heavy atom. The van der Waals surface area contributed by atoms with Gasteiger partial charge in [0.1, 0.15) is 0 Å². The summed E-state index contributed by atoms with van der Waals surface area (Å²) in [6, 6.07) is 0. The molecule has 2 aliphatic rings. The molecule has 70 valence electrons. The standard InChI is InChI=1S/C9H12N2OS/c10-4-8(12)7-3-1-2-6-5-11-13-9(6)7/h1-3,5-6,8-9,12H,4,10H2. The van der Waals surface area contributed by atoms with Gasteiger partial charge in [-0.25, -0.2) is 4.40 Å². The van der Waals surface area contributed by atoms with Gasteiger partial charge in [-0.2, -0.15) is 0 Å². The fourth-order valence-electron chi connectivity index (χ4n) is 1.58. The summed E-state index contributed by atoms with van der Waals surface area (Å²) in [4.78, 5) is 0. The number of nitrogens with two attached hydrogens (primary N) is 1. The minimum Gasteiger partial charge on any atom is -0.387 e. The van der Waals surface area contributed by atoms with Crippen molar-refractivity contribution in [2.75, 3.05) is 6.54 Å². The first-order valence-corrected chi connectivity index (χ1v) is 5.12. The van der Waals surface area contributed by atoms with Crippen molar-refractivity contribution in [1.29, 1.82) is 0 Å². The average Bonchev–Trinajstić information content (AvgIpc) is 2.63. The van der Waals surface area contributed by atoms with Gasteiger partial charge in [-0.05, 0) is 17.5 Å². The Labute approximate surface area is 81.6 Å². The maximum Gasteiger partial charge on any atom is 0.0887 e. The monoisotopic (exact) mass is 196 g/mol. The highest BCUT2D eigenvalue weighted by molar-refractivity contribution is 7.99. The molecule has 1 aliphatic heterocycles. The van der Waals surface area contributed by atoms with Crippen LogP contribution in [-0.2, 0) is 0 Å². The topological polar surface area (TPSA) is 58.6 Å². The van der Waals surface area contributed by atoms with Gasteiger partial charge >= 0.3 is 0 Å². The highest BCUT2D eigenvalue weighted by Crippen LogP contribution is 2.36. The van der Waals surface area contributed by atoms with E-state index in [0.29, 0.717) is 5.92 Å². The van der Waals surface area contributed by atoms with E-state index in [1.165, 1.54) is 11.9 Å². The highest BCUT2D eigenvalue weighted by Gasteiger charge is 2.31. The zero-order valence-corrected chi connectivity index (χ0v) is 7.95. The summed E-state index contributed by atoms with van der Waals surface area (Å²) < 4.78 is 4.14. The van der Waals surface area contributed by atoms with Crippen LogP contribution in [0.25, 0.3) is 0 Å². The number of aliphatic hydroxyl groups is 1. The number of fused-ring (bicyclic) bond motifs is 1. The average molecular weight is 196 g/mol. The Hall–Kier alpha value is -0.580. The minimum absolute atomic E-state index is 0.267. The number of aliphatic hydroxyl groups excluding tert-OH is 1. The van der Waals surface area contributed by atoms with Crippen molar-refractivity contribution < 1.29 is 5.11 Å². The molecule has 0 aromatic heterocycles. The third-order valence-electron chi connectivity index (χ3n) is 2.32. The SMILES string of the molecule is NCC(O)C1=CC=CC2C=NSC12. The van der Waals surface area contributed by atoms with Crippen LogP contribution in [0.5, 0.6) is 0 Å². The van der Waals surface area contributed by atoms with Crippen LogP contribution >= 0.6 is 11.9 Å². The molecular formula is C9H12N2OS. The van der Waals surface area contributed by atoms with E-state index < -0.39 is 6.10 Å². The smallest absolute Gasteiger partial charge is 0.0887 e. The van der Waals surface area contributed by atoms with E-state index in [4.69, 9.17) is 5.73 Å². The summed E-state index contributed by atoms with van der Waals surface area (Å²) in [6.45, 7) is 0.281. The first kappa shape index (κ1) is 8.99. The molecule has 0 saturated carbocycles. The molecule has 0 saturated heterocycles. The number of nitrogens with zero attached hydrogens (tertiary/aromatic N) is 1. The molecule has 1 aliphatic carbocycles. The molecule has 0 aromatic carbocycles. The van der Waals surface area contributed by atoms with Gasteiger partial charge in [-0.3, -0.25) is 0 Å². The van der Waals surface area contributed by atoms with E-state index in [0.717, 1.165) is 5.57 Å². The molecule has 2 rings (SSSR count). The fourth-order valence-corrected chi connectivity index (χ4v) is 2.58. The first-order chi connectivity index (χ1) is 6.33. The van der Waals surface area contributed by atoms with E-state index in [-0.39, 0.29) is 11.8 Å². The molecular weight excluding hydrogens is 184 g/mol. The van der Waals surface area contributed by atoms with Crippen molar-refractivity contribution in [3.8, 4) is 0 Å². The molecule has 3 unspecified atom stereocenters. The Balaban J connectivity index is 2.19. The summed E-state index contributed by atoms with van der Waals surface area (Å²) >= 11 is 1.51. The van der Waals surface area contributed by atoms with Crippen LogP contribution in [0, 0.1) is 5.92 Å². The summed E-state index contributed by atoms with van der Waals surface area (Å²) in [5.74, 6) is 0.339. The minimum atomic E-state index is -0.522. The molecule has 3 nitrogen and oxygen atoms in total. The number of hydrogen-bond acceptors (Lipinski definition) is 4. The molecule has 0 radical (unpaired) electrons. The normalized spacial score (nSPS) is 32.9. The van der Waals surface area contributed by atoms with Gasteiger partial charge in [-0.1, -0.05) is 18.2 Å². The maximum atomic E-state index is 9.63. The van der Waals surface area contributed by atoms with Crippen LogP contribution in [0.2, 0.25) is 0 Å². The van der Waals surface area contributed by atoms with Gasteiger partial charge in [0.2, 0.25) is 0 Å². The van der Waals surface area contributed by atoms with Crippen LogP contribution in [-0.4, -0.2) is 29.2 Å². The van der Waals surface area contributed by atoms with Gasteiger partial charge in [0.05, 0.1) is 11.4 Å². The van der Waals surface area contributed by atoms with Crippen molar-refractivity contribution in [2.45, 2.75) is 11.4 Å². The van der Waals surface area contributed by atoms with Crippen LogP contribution < -0.4 is 5.73 Å². The lowest BCUT2D eigenvalue weighted by molar-refractivity contribution is 0.214. The molecule has 13 heavy (non-hydrogen) atoms. The Bertz CT molecular complexity index is 285. The molecule has 3 atom stereocenters. The molecule has 0 spiro atoms. The van der Waals surface area contributed by atoms with Crippen molar-refractivity contribution >= 4 is 18.2 Å². The van der Waals surface area contributed by atoms with Gasteiger partial charge in [0.15, 0.2) is 0 Å². The lowest BCUT2D eigenvalue weighted by Gasteiger charge is -2.23. The molecule has 0 aromatic rings. The lowest BCUT2D eigenvalue weighted by atomic mass is 9.91. The van der Waals surface area contributed by atoms with Crippen molar-refractivity contribution in [2.24, 2.45) is 16.0 Å². The molecule has 1 heterocycles. The van der Waals surface area contributed by atoms with Crippen LogP contribution in [0.15, 0.2) is 28.2 Å². The summed E-state index contributed by atoms with van der Waals surface area (Å²) in [5, 5.41) is 9.90. The van der Waals surface area contributed by atoms with Gasteiger partial charge < -0.3 is 10.8 Å². The number of allylic oxidation sites excluding steroid dienone is 3. The zero-order chi connectivity index (χ0) is 9.26. The Morgan fingerprint density at radius 2 is 2.54 bits per heavy atom. The third-order valence-corrected chi connectivity index (χ3v) is 3.37. The lowest BCUT2D eigenvalue weighted by Crippen LogP contribution is -2.31. The van der Waals surface area contributed by atoms with Crippen molar-refractivity contribution in [1.82, 2.24) is 0 Å². The predicted octanol–water partition coefficient (Wildman–Crippen LogP) is 0.520. The second kappa shape index (κ2) is 3.65. The van der Waals surface area contributed by atoms with Gasteiger partial charge in [0, 0.05) is 18.7 Å². The summed E-state index contributed by atoms with van der Waals surface area (Å²) in [7, 11) is 0. The molecule has 0 bridgehead atoms. The fraction of sp³-hybridized carbons (Fsp3) is 0.444. The number of rotatable bonds is 2. The van der Waals surface area contributed by atoms with Crippen molar-refractivity contribution in [3.63, 3.8) is 0 Å². The van der Waals surface area contributed by atoms with E-state index in [2.05, 4.69) is 10.5 Å². The second-order valence-corrected chi connectivity index (χ2v) is 4.09. The maximum absolute atomic E-state index is 9.63. The largest absolute Gasteiger partial charge is 0.387 e. The first-order valence-electron chi connectivity index (χ1n) is 4.28. The van der Waals surface area contributed by atoms with Crippen LogP contribution in [0.1, 0.15) is 0 Å². The van der Waals surface area contributed by atoms with Crippen LogP contribution in [0.3, 0.4) is 0 Å². The van der Waals surface area contributed by atoms with Crippen LogP contribution in [0.4, 0.5) is 0 Å². The number of hydrogen-bond donors (Lipinski definition) is 2. The Morgan fingerprint density at radius 3 is 3.31 bits per heavy atom. The molecule has 4 heteroatoms. The molecule has 0 amide bonds. The van der Waals surface area contributed by atoms with E-state index in [1.807, 2.05) is 18.4 Å². The molecule has 0 fully saturated rings. The second-order valence-electron chi connectivity index (χ2n) is 3.16. The predicted molar refractivity (Wildman–Crippen MR) is 55.6 cm³/mol. The van der Waals surface area contributed by atoms with E-state index in [1.54, 1.807) is 0 Å². The van der Waals surface area contributed by atoms with E-state index >= 15 is 0 Å². The third kappa shape index (κ3) is 1.57. The summed E-state index contributed by atoms with van der Waals surface area (Å²) in [6.07, 6.45) is 7.41.